The van der Waals surface area contributed by atoms with E-state index in [1.807, 2.05) is 49.4 Å². The van der Waals surface area contributed by atoms with Crippen molar-refractivity contribution in [3.63, 3.8) is 0 Å². The Morgan fingerprint density at radius 1 is 1.26 bits per heavy atom. The Morgan fingerprint density at radius 2 is 2.00 bits per heavy atom. The van der Waals surface area contributed by atoms with Gasteiger partial charge in [0.15, 0.2) is 0 Å². The van der Waals surface area contributed by atoms with Gasteiger partial charge < -0.3 is 11.1 Å². The predicted octanol–water partition coefficient (Wildman–Crippen LogP) is 1.71. The minimum absolute atomic E-state index is 0.188. The predicted molar refractivity (Wildman–Crippen MR) is 74.2 cm³/mol. The Labute approximate surface area is 112 Å². The van der Waals surface area contributed by atoms with Crippen LogP contribution >= 0.6 is 0 Å². The van der Waals surface area contributed by atoms with Gasteiger partial charge in [-0.05, 0) is 24.1 Å². The molecule has 0 radical (unpaired) electrons. The second kappa shape index (κ2) is 6.11. The van der Waals surface area contributed by atoms with Crippen molar-refractivity contribution in [2.75, 3.05) is 0 Å². The number of rotatable bonds is 4. The fourth-order valence-corrected chi connectivity index (χ4v) is 1.71. The SMILES string of the molecule is Cc1ccc(CNC(=O)C(N)c2ccccc2)cn1. The highest BCUT2D eigenvalue weighted by Gasteiger charge is 2.14. The van der Waals surface area contributed by atoms with Crippen LogP contribution in [0.3, 0.4) is 0 Å². The van der Waals surface area contributed by atoms with Crippen LogP contribution in [0, 0.1) is 6.92 Å². The first kappa shape index (κ1) is 13.2. The largest absolute Gasteiger partial charge is 0.350 e. The number of nitrogens with one attached hydrogen (secondary N) is 1. The first-order valence-electron chi connectivity index (χ1n) is 6.16. The summed E-state index contributed by atoms with van der Waals surface area (Å²) in [6.07, 6.45) is 1.75. The van der Waals surface area contributed by atoms with Gasteiger partial charge in [-0.3, -0.25) is 9.78 Å². The number of aryl methyl sites for hydroxylation is 1. The smallest absolute Gasteiger partial charge is 0.241 e. The van der Waals surface area contributed by atoms with Gasteiger partial charge in [0.1, 0.15) is 6.04 Å². The molecule has 1 heterocycles. The molecular weight excluding hydrogens is 238 g/mol. The molecule has 0 bridgehead atoms. The summed E-state index contributed by atoms with van der Waals surface area (Å²) in [5.41, 5.74) is 8.62. The van der Waals surface area contributed by atoms with Crippen LogP contribution in [0.1, 0.15) is 22.9 Å². The molecule has 1 aromatic heterocycles. The van der Waals surface area contributed by atoms with Crippen LogP contribution in [0.15, 0.2) is 48.7 Å². The Morgan fingerprint density at radius 3 is 2.63 bits per heavy atom. The molecule has 1 aromatic carbocycles. The molecule has 0 aliphatic carbocycles. The first-order valence-corrected chi connectivity index (χ1v) is 6.16. The van der Waals surface area contributed by atoms with Crippen LogP contribution in [0.25, 0.3) is 0 Å². The number of carbonyl (C=O) groups excluding carboxylic acids is 1. The highest BCUT2D eigenvalue weighted by Crippen LogP contribution is 2.09. The second-order valence-electron chi connectivity index (χ2n) is 4.41. The molecule has 4 nitrogen and oxygen atoms in total. The molecule has 0 aliphatic heterocycles. The quantitative estimate of drug-likeness (QED) is 0.873. The molecule has 3 N–H and O–H groups in total. The van der Waals surface area contributed by atoms with Crippen LogP contribution < -0.4 is 11.1 Å². The van der Waals surface area contributed by atoms with E-state index in [9.17, 15) is 4.79 Å². The van der Waals surface area contributed by atoms with E-state index in [1.165, 1.54) is 0 Å². The standard InChI is InChI=1S/C15H17N3O/c1-11-7-8-12(9-17-11)10-18-15(19)14(16)13-5-3-2-4-6-13/h2-9,14H,10,16H2,1H3,(H,18,19). The Kier molecular flexibility index (Phi) is 4.26. The van der Waals surface area contributed by atoms with E-state index < -0.39 is 6.04 Å². The maximum atomic E-state index is 11.9. The molecule has 0 saturated heterocycles. The maximum Gasteiger partial charge on any atom is 0.241 e. The van der Waals surface area contributed by atoms with Gasteiger partial charge in [0.25, 0.3) is 0 Å². The monoisotopic (exact) mass is 255 g/mol. The molecule has 1 atom stereocenters. The number of benzene rings is 1. The zero-order chi connectivity index (χ0) is 13.7. The number of carbonyl (C=O) groups is 1. The molecule has 0 saturated carbocycles. The fraction of sp³-hybridized carbons (Fsp3) is 0.200. The molecule has 4 heteroatoms. The van der Waals surface area contributed by atoms with Gasteiger partial charge in [-0.25, -0.2) is 0 Å². The molecule has 19 heavy (non-hydrogen) atoms. The van der Waals surface area contributed by atoms with Gasteiger partial charge in [0.2, 0.25) is 5.91 Å². The fourth-order valence-electron chi connectivity index (χ4n) is 1.71. The summed E-state index contributed by atoms with van der Waals surface area (Å²) in [6, 6.07) is 12.5. The number of nitrogens with zero attached hydrogens (tertiary/aromatic N) is 1. The van der Waals surface area contributed by atoms with Crippen molar-refractivity contribution >= 4 is 5.91 Å². The third kappa shape index (κ3) is 3.63. The summed E-state index contributed by atoms with van der Waals surface area (Å²) < 4.78 is 0. The van der Waals surface area contributed by atoms with E-state index >= 15 is 0 Å². The van der Waals surface area contributed by atoms with Gasteiger partial charge >= 0.3 is 0 Å². The van der Waals surface area contributed by atoms with Gasteiger partial charge in [0, 0.05) is 18.4 Å². The van der Waals surface area contributed by atoms with Crippen molar-refractivity contribution in [3.05, 3.63) is 65.5 Å². The Hall–Kier alpha value is -2.20. The average Bonchev–Trinajstić information content (AvgIpc) is 2.46. The van der Waals surface area contributed by atoms with E-state index in [0.717, 1.165) is 16.8 Å². The van der Waals surface area contributed by atoms with Crippen LogP contribution in [0.2, 0.25) is 0 Å². The van der Waals surface area contributed by atoms with Crippen LogP contribution in [-0.4, -0.2) is 10.9 Å². The molecular formula is C15H17N3O. The Balaban J connectivity index is 1.93. The van der Waals surface area contributed by atoms with Crippen molar-refractivity contribution in [1.29, 1.82) is 0 Å². The summed E-state index contributed by atoms with van der Waals surface area (Å²) in [6.45, 7) is 2.36. The van der Waals surface area contributed by atoms with Gasteiger partial charge in [-0.2, -0.15) is 0 Å². The Bertz CT molecular complexity index is 537. The number of amides is 1. The van der Waals surface area contributed by atoms with Crippen molar-refractivity contribution in [3.8, 4) is 0 Å². The topological polar surface area (TPSA) is 68.0 Å². The van der Waals surface area contributed by atoms with Crippen LogP contribution in [-0.2, 0) is 11.3 Å². The van der Waals surface area contributed by atoms with E-state index in [1.54, 1.807) is 6.20 Å². The van der Waals surface area contributed by atoms with Gasteiger partial charge in [-0.1, -0.05) is 36.4 Å². The zero-order valence-corrected chi connectivity index (χ0v) is 10.8. The molecule has 2 rings (SSSR count). The first-order chi connectivity index (χ1) is 9.16. The van der Waals surface area contributed by atoms with E-state index in [4.69, 9.17) is 5.73 Å². The molecule has 98 valence electrons. The molecule has 0 aliphatic rings. The molecule has 0 spiro atoms. The van der Waals surface area contributed by atoms with Crippen LogP contribution in [0.4, 0.5) is 0 Å². The number of hydrogen-bond acceptors (Lipinski definition) is 3. The lowest BCUT2D eigenvalue weighted by Gasteiger charge is -2.12. The van der Waals surface area contributed by atoms with Crippen molar-refractivity contribution in [1.82, 2.24) is 10.3 Å². The lowest BCUT2D eigenvalue weighted by atomic mass is 10.1. The van der Waals surface area contributed by atoms with E-state index in [0.29, 0.717) is 6.54 Å². The van der Waals surface area contributed by atoms with Crippen molar-refractivity contribution < 1.29 is 4.79 Å². The summed E-state index contributed by atoms with van der Waals surface area (Å²) in [5, 5.41) is 2.81. The van der Waals surface area contributed by atoms with E-state index in [-0.39, 0.29) is 5.91 Å². The van der Waals surface area contributed by atoms with Crippen molar-refractivity contribution in [2.45, 2.75) is 19.5 Å². The average molecular weight is 255 g/mol. The second-order valence-corrected chi connectivity index (χ2v) is 4.41. The van der Waals surface area contributed by atoms with Crippen LogP contribution in [0.5, 0.6) is 0 Å². The maximum absolute atomic E-state index is 11.9. The van der Waals surface area contributed by atoms with Gasteiger partial charge in [0.05, 0.1) is 0 Å². The zero-order valence-electron chi connectivity index (χ0n) is 10.8. The number of hydrogen-bond donors (Lipinski definition) is 2. The summed E-state index contributed by atoms with van der Waals surface area (Å²) >= 11 is 0. The third-order valence-electron chi connectivity index (χ3n) is 2.88. The molecule has 1 amide bonds. The summed E-state index contributed by atoms with van der Waals surface area (Å²) in [7, 11) is 0. The highest BCUT2D eigenvalue weighted by molar-refractivity contribution is 5.82. The van der Waals surface area contributed by atoms with Crippen molar-refractivity contribution in [2.24, 2.45) is 5.73 Å². The third-order valence-corrected chi connectivity index (χ3v) is 2.88. The summed E-state index contributed by atoms with van der Waals surface area (Å²) in [4.78, 5) is 16.1. The molecule has 2 aromatic rings. The van der Waals surface area contributed by atoms with Gasteiger partial charge in [-0.15, -0.1) is 0 Å². The van der Waals surface area contributed by atoms with E-state index in [2.05, 4.69) is 10.3 Å². The lowest BCUT2D eigenvalue weighted by Crippen LogP contribution is -2.33. The number of aromatic nitrogens is 1. The summed E-state index contributed by atoms with van der Waals surface area (Å²) in [5.74, 6) is -0.188. The minimum Gasteiger partial charge on any atom is -0.350 e. The molecule has 1 unspecified atom stereocenters. The number of pyridine rings is 1. The number of nitrogens with two attached hydrogens (primary N) is 1. The minimum atomic E-state index is -0.639. The lowest BCUT2D eigenvalue weighted by molar-refractivity contribution is -0.122. The highest BCUT2D eigenvalue weighted by atomic mass is 16.2. The molecule has 0 fully saturated rings. The normalized spacial score (nSPS) is 11.9.